The number of rotatable bonds is 3. The molecule has 1 aliphatic rings. The Morgan fingerprint density at radius 3 is 2.89 bits per heavy atom. The van der Waals surface area contributed by atoms with Crippen molar-refractivity contribution >= 4 is 22.7 Å². The molecule has 1 N–H and O–H groups in total. The smallest absolute Gasteiger partial charge is 0.225 e. The van der Waals surface area contributed by atoms with Gasteiger partial charge in [-0.25, -0.2) is 4.98 Å². The van der Waals surface area contributed by atoms with Gasteiger partial charge in [-0.3, -0.25) is 0 Å². The maximum atomic E-state index is 4.71. The standard InChI is InChI=1S/C15H20N4/c1-3-16-15-17-13-7-5-4-6-12(13)14(18-15)19-9-8-11(2)10-19/h4-7,11H,3,8-10H2,1-2H3,(H,16,17,18). The molecule has 100 valence electrons. The van der Waals surface area contributed by atoms with Gasteiger partial charge in [0.15, 0.2) is 0 Å². The van der Waals surface area contributed by atoms with Gasteiger partial charge in [0, 0.05) is 25.0 Å². The predicted molar refractivity (Wildman–Crippen MR) is 79.7 cm³/mol. The summed E-state index contributed by atoms with van der Waals surface area (Å²) in [5.41, 5.74) is 1.02. The van der Waals surface area contributed by atoms with Crippen LogP contribution in [0.3, 0.4) is 0 Å². The Morgan fingerprint density at radius 1 is 1.32 bits per heavy atom. The molecule has 4 nitrogen and oxygen atoms in total. The Kier molecular flexibility index (Phi) is 3.23. The highest BCUT2D eigenvalue weighted by atomic mass is 15.2. The summed E-state index contributed by atoms with van der Waals surface area (Å²) < 4.78 is 0. The van der Waals surface area contributed by atoms with Crippen molar-refractivity contribution in [3.05, 3.63) is 24.3 Å². The molecular weight excluding hydrogens is 236 g/mol. The van der Waals surface area contributed by atoms with Crippen molar-refractivity contribution in [3.63, 3.8) is 0 Å². The number of nitrogens with zero attached hydrogens (tertiary/aromatic N) is 3. The molecule has 19 heavy (non-hydrogen) atoms. The molecular formula is C15H20N4. The van der Waals surface area contributed by atoms with Crippen molar-refractivity contribution in [2.45, 2.75) is 20.3 Å². The van der Waals surface area contributed by atoms with Gasteiger partial charge < -0.3 is 10.2 Å². The summed E-state index contributed by atoms with van der Waals surface area (Å²) in [5.74, 6) is 2.55. The van der Waals surface area contributed by atoms with E-state index < -0.39 is 0 Å². The second kappa shape index (κ2) is 5.03. The molecule has 2 aromatic rings. The number of aromatic nitrogens is 2. The molecule has 1 unspecified atom stereocenters. The first kappa shape index (κ1) is 12.2. The van der Waals surface area contributed by atoms with Gasteiger partial charge in [0.05, 0.1) is 5.52 Å². The summed E-state index contributed by atoms with van der Waals surface area (Å²) >= 11 is 0. The van der Waals surface area contributed by atoms with E-state index in [0.717, 1.165) is 48.2 Å². The first-order valence-corrected chi connectivity index (χ1v) is 7.03. The number of anilines is 2. The lowest BCUT2D eigenvalue weighted by Crippen LogP contribution is -2.21. The van der Waals surface area contributed by atoms with Crippen molar-refractivity contribution < 1.29 is 0 Å². The van der Waals surface area contributed by atoms with Gasteiger partial charge in [-0.05, 0) is 31.4 Å². The van der Waals surface area contributed by atoms with Gasteiger partial charge in [-0.15, -0.1) is 0 Å². The minimum Gasteiger partial charge on any atom is -0.356 e. The molecule has 1 aromatic carbocycles. The summed E-state index contributed by atoms with van der Waals surface area (Å²) in [5, 5.41) is 4.38. The van der Waals surface area contributed by atoms with E-state index in [1.54, 1.807) is 0 Å². The zero-order valence-corrected chi connectivity index (χ0v) is 11.6. The molecule has 1 aromatic heterocycles. The average Bonchev–Trinajstić information content (AvgIpc) is 2.85. The minimum absolute atomic E-state index is 0.732. The Morgan fingerprint density at radius 2 is 2.16 bits per heavy atom. The van der Waals surface area contributed by atoms with E-state index in [9.17, 15) is 0 Å². The zero-order chi connectivity index (χ0) is 13.2. The lowest BCUT2D eigenvalue weighted by molar-refractivity contribution is 0.659. The van der Waals surface area contributed by atoms with Crippen LogP contribution in [0.2, 0.25) is 0 Å². The Bertz CT molecular complexity index is 581. The summed E-state index contributed by atoms with van der Waals surface area (Å²) in [7, 11) is 0. The van der Waals surface area contributed by atoms with Crippen LogP contribution in [0.4, 0.5) is 11.8 Å². The molecule has 2 heterocycles. The lowest BCUT2D eigenvalue weighted by Gasteiger charge is -2.19. The molecule has 1 saturated heterocycles. The fraction of sp³-hybridized carbons (Fsp3) is 0.467. The van der Waals surface area contributed by atoms with Crippen molar-refractivity contribution in [2.24, 2.45) is 5.92 Å². The van der Waals surface area contributed by atoms with E-state index >= 15 is 0 Å². The van der Waals surface area contributed by atoms with Crippen molar-refractivity contribution in [2.75, 3.05) is 29.9 Å². The fourth-order valence-corrected chi connectivity index (χ4v) is 2.67. The van der Waals surface area contributed by atoms with E-state index in [1.165, 1.54) is 6.42 Å². The average molecular weight is 256 g/mol. The summed E-state index contributed by atoms with van der Waals surface area (Å²) in [6, 6.07) is 8.26. The largest absolute Gasteiger partial charge is 0.356 e. The number of para-hydroxylation sites is 1. The van der Waals surface area contributed by atoms with Crippen LogP contribution in [0.1, 0.15) is 20.3 Å². The van der Waals surface area contributed by atoms with Gasteiger partial charge in [-0.2, -0.15) is 4.98 Å². The van der Waals surface area contributed by atoms with Gasteiger partial charge in [0.2, 0.25) is 5.95 Å². The topological polar surface area (TPSA) is 41.1 Å². The Labute approximate surface area is 113 Å². The van der Waals surface area contributed by atoms with Crippen molar-refractivity contribution in [3.8, 4) is 0 Å². The number of fused-ring (bicyclic) bond motifs is 1. The van der Waals surface area contributed by atoms with E-state index in [2.05, 4.69) is 47.2 Å². The highest BCUT2D eigenvalue weighted by Crippen LogP contribution is 2.29. The van der Waals surface area contributed by atoms with Crippen LogP contribution in [0.5, 0.6) is 0 Å². The highest BCUT2D eigenvalue weighted by Gasteiger charge is 2.22. The second-order valence-electron chi connectivity index (χ2n) is 5.26. The van der Waals surface area contributed by atoms with E-state index in [-0.39, 0.29) is 0 Å². The fourth-order valence-electron chi connectivity index (χ4n) is 2.67. The Balaban J connectivity index is 2.09. The third kappa shape index (κ3) is 2.35. The molecule has 4 heteroatoms. The molecule has 0 amide bonds. The Hall–Kier alpha value is -1.84. The lowest BCUT2D eigenvalue weighted by atomic mass is 10.2. The maximum absolute atomic E-state index is 4.71. The highest BCUT2D eigenvalue weighted by molar-refractivity contribution is 5.90. The molecule has 0 radical (unpaired) electrons. The number of nitrogens with one attached hydrogen (secondary N) is 1. The molecule has 0 bridgehead atoms. The normalized spacial score (nSPS) is 19.1. The maximum Gasteiger partial charge on any atom is 0.225 e. The number of hydrogen-bond donors (Lipinski definition) is 1. The SMILES string of the molecule is CCNc1nc(N2CCC(C)C2)c2ccccc2n1. The first-order chi connectivity index (χ1) is 9.28. The zero-order valence-electron chi connectivity index (χ0n) is 11.6. The monoisotopic (exact) mass is 256 g/mol. The van der Waals surface area contributed by atoms with Crippen LogP contribution in [-0.4, -0.2) is 29.6 Å². The predicted octanol–water partition coefficient (Wildman–Crippen LogP) is 2.91. The number of hydrogen-bond acceptors (Lipinski definition) is 4. The van der Waals surface area contributed by atoms with Crippen LogP contribution in [0.25, 0.3) is 10.9 Å². The molecule has 0 spiro atoms. The van der Waals surface area contributed by atoms with Gasteiger partial charge >= 0.3 is 0 Å². The first-order valence-electron chi connectivity index (χ1n) is 7.03. The van der Waals surface area contributed by atoms with Crippen LogP contribution in [-0.2, 0) is 0 Å². The van der Waals surface area contributed by atoms with E-state index in [0.29, 0.717) is 0 Å². The van der Waals surface area contributed by atoms with Crippen LogP contribution in [0, 0.1) is 5.92 Å². The summed E-state index contributed by atoms with van der Waals surface area (Å²) in [4.78, 5) is 11.7. The second-order valence-corrected chi connectivity index (χ2v) is 5.26. The van der Waals surface area contributed by atoms with Crippen LogP contribution >= 0.6 is 0 Å². The summed E-state index contributed by atoms with van der Waals surface area (Å²) in [6.07, 6.45) is 1.24. The van der Waals surface area contributed by atoms with Gasteiger partial charge in [0.25, 0.3) is 0 Å². The summed E-state index contributed by atoms with van der Waals surface area (Å²) in [6.45, 7) is 7.39. The van der Waals surface area contributed by atoms with Gasteiger partial charge in [-0.1, -0.05) is 19.1 Å². The van der Waals surface area contributed by atoms with E-state index in [1.807, 2.05) is 6.07 Å². The number of benzene rings is 1. The molecule has 0 saturated carbocycles. The van der Waals surface area contributed by atoms with Crippen molar-refractivity contribution in [1.82, 2.24) is 9.97 Å². The molecule has 1 fully saturated rings. The van der Waals surface area contributed by atoms with Crippen LogP contribution < -0.4 is 10.2 Å². The molecule has 1 aliphatic heterocycles. The molecule has 3 rings (SSSR count). The van der Waals surface area contributed by atoms with Crippen molar-refractivity contribution in [1.29, 1.82) is 0 Å². The minimum atomic E-state index is 0.732. The molecule has 0 aliphatic carbocycles. The third-order valence-corrected chi connectivity index (χ3v) is 3.64. The quantitative estimate of drug-likeness (QED) is 0.916. The van der Waals surface area contributed by atoms with E-state index in [4.69, 9.17) is 4.98 Å². The third-order valence-electron chi connectivity index (χ3n) is 3.64. The molecule has 1 atom stereocenters. The van der Waals surface area contributed by atoms with Gasteiger partial charge in [0.1, 0.15) is 5.82 Å². The van der Waals surface area contributed by atoms with Crippen LogP contribution in [0.15, 0.2) is 24.3 Å².